The average Bonchev–Trinajstić information content (AvgIpc) is 2.75. The minimum Gasteiger partial charge on any atom is -0.375 e. The van der Waals surface area contributed by atoms with Crippen LogP contribution in [0.15, 0.2) is 6.20 Å². The van der Waals surface area contributed by atoms with Crippen LogP contribution in [0.1, 0.15) is 32.6 Å². The predicted molar refractivity (Wildman–Crippen MR) is 84.4 cm³/mol. The molecule has 0 atom stereocenters. The summed E-state index contributed by atoms with van der Waals surface area (Å²) in [6, 6.07) is 0. The maximum Gasteiger partial charge on any atom is 0.180 e. The van der Waals surface area contributed by atoms with E-state index in [0.717, 1.165) is 39.3 Å². The Bertz CT molecular complexity index is 347. The van der Waals surface area contributed by atoms with Gasteiger partial charge in [0.15, 0.2) is 5.13 Å². The summed E-state index contributed by atoms with van der Waals surface area (Å²) in [6.07, 6.45) is 1.91. The van der Waals surface area contributed by atoms with Crippen molar-refractivity contribution in [1.82, 2.24) is 14.8 Å². The number of likely N-dealkylation sites (N-methyl/N-ethyl adjacent to an activating group) is 1. The van der Waals surface area contributed by atoms with Gasteiger partial charge in [-0.1, -0.05) is 27.7 Å². The van der Waals surface area contributed by atoms with Crippen LogP contribution in [0.3, 0.4) is 0 Å². The molecule has 1 heterocycles. The van der Waals surface area contributed by atoms with E-state index in [2.05, 4.69) is 42.5 Å². The number of thiazole rings is 1. The van der Waals surface area contributed by atoms with E-state index in [1.54, 1.807) is 11.3 Å². The van der Waals surface area contributed by atoms with E-state index in [-0.39, 0.29) is 0 Å². The van der Waals surface area contributed by atoms with Crippen molar-refractivity contribution in [2.45, 2.75) is 34.2 Å². The summed E-state index contributed by atoms with van der Waals surface area (Å²) in [5.74, 6) is 0.682. The lowest BCUT2D eigenvalue weighted by Crippen LogP contribution is -2.36. The van der Waals surface area contributed by atoms with Gasteiger partial charge in [-0.2, -0.15) is 0 Å². The molecule has 0 aliphatic heterocycles. The van der Waals surface area contributed by atoms with Gasteiger partial charge in [-0.25, -0.2) is 4.98 Å². The Labute approximate surface area is 121 Å². The third kappa shape index (κ3) is 6.36. The van der Waals surface area contributed by atoms with Crippen molar-refractivity contribution in [2.75, 3.05) is 38.5 Å². The van der Waals surface area contributed by atoms with Gasteiger partial charge in [0.25, 0.3) is 0 Å². The summed E-state index contributed by atoms with van der Waals surface area (Å²) < 4.78 is 0. The van der Waals surface area contributed by atoms with Crippen LogP contribution in [-0.2, 0) is 6.54 Å². The lowest BCUT2D eigenvalue weighted by molar-refractivity contribution is 0.193. The molecule has 110 valence electrons. The van der Waals surface area contributed by atoms with Crippen molar-refractivity contribution in [3.63, 3.8) is 0 Å². The number of aromatic nitrogens is 1. The Balaban J connectivity index is 2.51. The van der Waals surface area contributed by atoms with Gasteiger partial charge in [-0.15, -0.1) is 11.3 Å². The molecule has 0 unspecified atom stereocenters. The Kier molecular flexibility index (Phi) is 7.34. The van der Waals surface area contributed by atoms with Crippen molar-refractivity contribution in [3.8, 4) is 0 Å². The number of hydrogen-bond donors (Lipinski definition) is 1. The molecule has 1 aromatic heterocycles. The normalized spacial score (nSPS) is 11.9. The first-order valence-electron chi connectivity index (χ1n) is 7.20. The lowest BCUT2D eigenvalue weighted by Gasteiger charge is -2.27. The Morgan fingerprint density at radius 1 is 1.21 bits per heavy atom. The van der Waals surface area contributed by atoms with Crippen molar-refractivity contribution in [3.05, 3.63) is 11.1 Å². The molecule has 0 aromatic carbocycles. The maximum atomic E-state index is 5.70. The fraction of sp³-hybridized carbons (Fsp3) is 0.786. The van der Waals surface area contributed by atoms with Crippen molar-refractivity contribution < 1.29 is 0 Å². The van der Waals surface area contributed by atoms with Gasteiger partial charge in [0.05, 0.1) is 0 Å². The van der Waals surface area contributed by atoms with Crippen LogP contribution in [-0.4, -0.2) is 47.5 Å². The first kappa shape index (κ1) is 16.4. The number of nitrogens with two attached hydrogens (primary N) is 1. The molecule has 0 amide bonds. The van der Waals surface area contributed by atoms with Crippen LogP contribution >= 0.6 is 11.3 Å². The molecule has 19 heavy (non-hydrogen) atoms. The molecule has 0 aliphatic rings. The van der Waals surface area contributed by atoms with Crippen LogP contribution < -0.4 is 5.73 Å². The molecular formula is C14H28N4S. The van der Waals surface area contributed by atoms with Gasteiger partial charge in [0, 0.05) is 37.3 Å². The van der Waals surface area contributed by atoms with E-state index < -0.39 is 0 Å². The van der Waals surface area contributed by atoms with Gasteiger partial charge in [-0.05, 0) is 19.0 Å². The topological polar surface area (TPSA) is 45.4 Å². The van der Waals surface area contributed by atoms with E-state index in [1.807, 2.05) is 6.20 Å². The van der Waals surface area contributed by atoms with Crippen LogP contribution in [0, 0.1) is 5.92 Å². The van der Waals surface area contributed by atoms with Crippen molar-refractivity contribution in [1.29, 1.82) is 0 Å². The van der Waals surface area contributed by atoms with Crippen LogP contribution in [0.4, 0.5) is 5.13 Å². The highest BCUT2D eigenvalue weighted by atomic mass is 32.1. The first-order valence-corrected chi connectivity index (χ1v) is 8.01. The summed E-state index contributed by atoms with van der Waals surface area (Å²) in [5, 5.41) is 0.670. The molecule has 4 nitrogen and oxygen atoms in total. The lowest BCUT2D eigenvalue weighted by atomic mass is 10.2. The minimum atomic E-state index is 0.670. The van der Waals surface area contributed by atoms with E-state index in [9.17, 15) is 0 Å². The molecular weight excluding hydrogens is 256 g/mol. The van der Waals surface area contributed by atoms with Crippen molar-refractivity contribution in [2.24, 2.45) is 5.92 Å². The van der Waals surface area contributed by atoms with E-state index in [4.69, 9.17) is 5.73 Å². The molecule has 0 fully saturated rings. The number of hydrogen-bond acceptors (Lipinski definition) is 5. The Hall–Kier alpha value is -0.650. The van der Waals surface area contributed by atoms with Gasteiger partial charge in [0.2, 0.25) is 0 Å². The number of rotatable bonds is 9. The van der Waals surface area contributed by atoms with Crippen molar-refractivity contribution >= 4 is 16.5 Å². The van der Waals surface area contributed by atoms with Gasteiger partial charge in [0.1, 0.15) is 0 Å². The third-order valence-corrected chi connectivity index (χ3v) is 4.01. The van der Waals surface area contributed by atoms with Crippen LogP contribution in [0.25, 0.3) is 0 Å². The molecule has 1 rings (SSSR count). The highest BCUT2D eigenvalue weighted by Gasteiger charge is 2.11. The highest BCUT2D eigenvalue weighted by molar-refractivity contribution is 7.15. The summed E-state index contributed by atoms with van der Waals surface area (Å²) in [7, 11) is 0. The quantitative estimate of drug-likeness (QED) is 0.757. The smallest absolute Gasteiger partial charge is 0.180 e. The zero-order valence-corrected chi connectivity index (χ0v) is 13.5. The second kappa shape index (κ2) is 8.51. The average molecular weight is 284 g/mol. The van der Waals surface area contributed by atoms with Gasteiger partial charge < -0.3 is 10.6 Å². The highest BCUT2D eigenvalue weighted by Crippen LogP contribution is 2.17. The summed E-state index contributed by atoms with van der Waals surface area (Å²) in [5.41, 5.74) is 5.70. The third-order valence-electron chi connectivity index (χ3n) is 3.20. The summed E-state index contributed by atoms with van der Waals surface area (Å²) in [6.45, 7) is 15.6. The molecule has 1 aromatic rings. The zero-order chi connectivity index (χ0) is 14.3. The minimum absolute atomic E-state index is 0.670. The number of nitrogens with zero attached hydrogens (tertiary/aromatic N) is 3. The van der Waals surface area contributed by atoms with Gasteiger partial charge in [-0.3, -0.25) is 4.90 Å². The maximum absolute atomic E-state index is 5.70. The number of nitrogen functional groups attached to an aromatic ring is 1. The van der Waals surface area contributed by atoms with Crippen LogP contribution in [0.5, 0.6) is 0 Å². The molecule has 2 N–H and O–H groups in total. The van der Waals surface area contributed by atoms with Gasteiger partial charge >= 0.3 is 0 Å². The summed E-state index contributed by atoms with van der Waals surface area (Å²) in [4.78, 5) is 10.4. The summed E-state index contributed by atoms with van der Waals surface area (Å²) >= 11 is 1.60. The van der Waals surface area contributed by atoms with E-state index >= 15 is 0 Å². The SMILES string of the molecule is CCN(CC)CCN(Cc1cnc(N)s1)CC(C)C. The number of anilines is 1. The monoisotopic (exact) mass is 284 g/mol. The standard InChI is InChI=1S/C14H28N4S/c1-5-17(6-2)7-8-18(10-12(3)4)11-13-9-16-14(15)19-13/h9,12H,5-8,10-11H2,1-4H3,(H2,15,16). The molecule has 0 saturated carbocycles. The molecule has 5 heteroatoms. The van der Waals surface area contributed by atoms with E-state index in [0.29, 0.717) is 11.0 Å². The molecule has 0 spiro atoms. The fourth-order valence-electron chi connectivity index (χ4n) is 2.19. The first-order chi connectivity index (χ1) is 9.05. The zero-order valence-electron chi connectivity index (χ0n) is 12.7. The Morgan fingerprint density at radius 2 is 1.84 bits per heavy atom. The molecule has 0 bridgehead atoms. The Morgan fingerprint density at radius 3 is 2.32 bits per heavy atom. The molecule has 0 aliphatic carbocycles. The second-order valence-corrected chi connectivity index (χ2v) is 6.47. The largest absolute Gasteiger partial charge is 0.375 e. The molecule has 0 saturated heterocycles. The predicted octanol–water partition coefficient (Wildman–Crippen LogP) is 2.53. The molecule has 0 radical (unpaired) electrons. The van der Waals surface area contributed by atoms with E-state index in [1.165, 1.54) is 4.88 Å². The second-order valence-electron chi connectivity index (χ2n) is 5.32. The fourth-order valence-corrected chi connectivity index (χ4v) is 2.92. The van der Waals surface area contributed by atoms with Crippen LogP contribution in [0.2, 0.25) is 0 Å².